The number of rotatable bonds is 4. The molecule has 0 N–H and O–H groups in total. The summed E-state index contributed by atoms with van der Waals surface area (Å²) in [6.45, 7) is 2.37. The van der Waals surface area contributed by atoms with E-state index in [0.717, 1.165) is 10.9 Å². The minimum atomic E-state index is 0.585. The maximum absolute atomic E-state index is 3.49. The Labute approximate surface area is 129 Å². The van der Waals surface area contributed by atoms with Gasteiger partial charge in [0.15, 0.2) is 0 Å². The van der Waals surface area contributed by atoms with Crippen LogP contribution in [0.3, 0.4) is 0 Å². The SMILES string of the molecule is CC(CCc1ccc(Br)cc1)C1C=Cc2ccccc21. The molecule has 20 heavy (non-hydrogen) atoms. The third-order valence-corrected chi connectivity index (χ3v) is 4.78. The fourth-order valence-electron chi connectivity index (χ4n) is 3.00. The van der Waals surface area contributed by atoms with E-state index in [4.69, 9.17) is 0 Å². The van der Waals surface area contributed by atoms with Gasteiger partial charge in [-0.3, -0.25) is 0 Å². The zero-order valence-electron chi connectivity index (χ0n) is 11.7. The molecular formula is C19H19Br. The zero-order chi connectivity index (χ0) is 13.9. The van der Waals surface area contributed by atoms with E-state index in [2.05, 4.69) is 83.5 Å². The van der Waals surface area contributed by atoms with E-state index in [-0.39, 0.29) is 0 Å². The van der Waals surface area contributed by atoms with Gasteiger partial charge in [0.2, 0.25) is 0 Å². The van der Waals surface area contributed by atoms with Gasteiger partial charge in [-0.25, -0.2) is 0 Å². The Balaban J connectivity index is 1.65. The Kier molecular flexibility index (Phi) is 4.07. The fraction of sp³-hybridized carbons (Fsp3) is 0.263. The molecule has 0 radical (unpaired) electrons. The summed E-state index contributed by atoms with van der Waals surface area (Å²) in [5, 5.41) is 0. The van der Waals surface area contributed by atoms with Crippen molar-refractivity contribution in [2.45, 2.75) is 25.7 Å². The first-order valence-electron chi connectivity index (χ1n) is 7.25. The molecule has 3 rings (SSSR count). The van der Waals surface area contributed by atoms with Gasteiger partial charge in [0.05, 0.1) is 0 Å². The molecule has 0 saturated heterocycles. The Bertz CT molecular complexity index is 610. The van der Waals surface area contributed by atoms with Crippen molar-refractivity contribution in [2.75, 3.05) is 0 Å². The largest absolute Gasteiger partial charge is 0.0761 e. The summed E-state index contributed by atoms with van der Waals surface area (Å²) in [6, 6.07) is 17.5. The molecule has 102 valence electrons. The smallest absolute Gasteiger partial charge is 0.0175 e. The van der Waals surface area contributed by atoms with Gasteiger partial charge in [0, 0.05) is 10.4 Å². The van der Waals surface area contributed by atoms with E-state index >= 15 is 0 Å². The van der Waals surface area contributed by atoms with Gasteiger partial charge < -0.3 is 0 Å². The number of fused-ring (bicyclic) bond motifs is 1. The Morgan fingerprint density at radius 2 is 1.80 bits per heavy atom. The Morgan fingerprint density at radius 1 is 1.05 bits per heavy atom. The van der Waals surface area contributed by atoms with Crippen molar-refractivity contribution < 1.29 is 0 Å². The molecule has 2 aromatic carbocycles. The lowest BCUT2D eigenvalue weighted by atomic mass is 9.85. The summed E-state index contributed by atoms with van der Waals surface area (Å²) in [7, 11) is 0. The Morgan fingerprint density at radius 3 is 2.60 bits per heavy atom. The van der Waals surface area contributed by atoms with Gasteiger partial charge in [0.25, 0.3) is 0 Å². The lowest BCUT2D eigenvalue weighted by molar-refractivity contribution is 0.487. The van der Waals surface area contributed by atoms with Crippen LogP contribution in [-0.4, -0.2) is 0 Å². The first-order valence-corrected chi connectivity index (χ1v) is 8.05. The predicted octanol–water partition coefficient (Wildman–Crippen LogP) is 5.83. The van der Waals surface area contributed by atoms with Crippen LogP contribution in [-0.2, 0) is 6.42 Å². The van der Waals surface area contributed by atoms with Crippen LogP contribution in [0.15, 0.2) is 59.1 Å². The highest BCUT2D eigenvalue weighted by Crippen LogP contribution is 2.37. The molecule has 1 heteroatoms. The van der Waals surface area contributed by atoms with Crippen LogP contribution in [0, 0.1) is 5.92 Å². The van der Waals surface area contributed by atoms with Crippen molar-refractivity contribution in [1.82, 2.24) is 0 Å². The summed E-state index contributed by atoms with van der Waals surface area (Å²) >= 11 is 3.49. The molecule has 1 aliphatic rings. The zero-order valence-corrected chi connectivity index (χ0v) is 13.3. The highest BCUT2D eigenvalue weighted by Gasteiger charge is 2.22. The van der Waals surface area contributed by atoms with Crippen molar-refractivity contribution in [3.63, 3.8) is 0 Å². The summed E-state index contributed by atoms with van der Waals surface area (Å²) in [5.74, 6) is 1.26. The molecule has 0 heterocycles. The summed E-state index contributed by atoms with van der Waals surface area (Å²) in [4.78, 5) is 0. The topological polar surface area (TPSA) is 0 Å². The van der Waals surface area contributed by atoms with Gasteiger partial charge >= 0.3 is 0 Å². The van der Waals surface area contributed by atoms with E-state index in [1.807, 2.05) is 0 Å². The second-order valence-corrected chi connectivity index (χ2v) is 6.57. The highest BCUT2D eigenvalue weighted by atomic mass is 79.9. The van der Waals surface area contributed by atoms with Crippen molar-refractivity contribution in [2.24, 2.45) is 5.92 Å². The van der Waals surface area contributed by atoms with Crippen LogP contribution in [0.1, 0.15) is 36.0 Å². The van der Waals surface area contributed by atoms with Gasteiger partial charge in [-0.05, 0) is 47.6 Å². The molecule has 2 aromatic rings. The maximum Gasteiger partial charge on any atom is 0.0175 e. The van der Waals surface area contributed by atoms with Gasteiger partial charge in [-0.15, -0.1) is 0 Å². The van der Waals surface area contributed by atoms with Crippen LogP contribution in [0.25, 0.3) is 6.08 Å². The average molecular weight is 327 g/mol. The quantitative estimate of drug-likeness (QED) is 0.663. The molecule has 0 saturated carbocycles. The van der Waals surface area contributed by atoms with E-state index in [1.54, 1.807) is 0 Å². The van der Waals surface area contributed by atoms with Crippen LogP contribution >= 0.6 is 15.9 Å². The lowest BCUT2D eigenvalue weighted by Crippen LogP contribution is -2.07. The van der Waals surface area contributed by atoms with Crippen LogP contribution in [0.4, 0.5) is 0 Å². The molecule has 0 aliphatic heterocycles. The molecule has 0 amide bonds. The molecule has 0 spiro atoms. The predicted molar refractivity (Wildman–Crippen MR) is 89.8 cm³/mol. The molecule has 0 aromatic heterocycles. The normalized spacial score (nSPS) is 18.0. The molecule has 1 aliphatic carbocycles. The first kappa shape index (κ1) is 13.6. The van der Waals surface area contributed by atoms with Gasteiger partial charge in [-0.2, -0.15) is 0 Å². The number of allylic oxidation sites excluding steroid dienone is 1. The molecule has 2 atom stereocenters. The second kappa shape index (κ2) is 5.97. The number of aryl methyl sites for hydroxylation is 1. The molecular weight excluding hydrogens is 308 g/mol. The van der Waals surface area contributed by atoms with Crippen molar-refractivity contribution in [3.05, 3.63) is 75.8 Å². The van der Waals surface area contributed by atoms with Crippen molar-refractivity contribution in [3.8, 4) is 0 Å². The van der Waals surface area contributed by atoms with E-state index < -0.39 is 0 Å². The van der Waals surface area contributed by atoms with Crippen molar-refractivity contribution >= 4 is 22.0 Å². The number of halogens is 1. The van der Waals surface area contributed by atoms with E-state index in [9.17, 15) is 0 Å². The number of hydrogen-bond acceptors (Lipinski definition) is 0. The minimum Gasteiger partial charge on any atom is -0.0761 e. The van der Waals surface area contributed by atoms with Gasteiger partial charge in [0.1, 0.15) is 0 Å². The number of benzene rings is 2. The number of hydrogen-bond donors (Lipinski definition) is 0. The van der Waals surface area contributed by atoms with Gasteiger partial charge in [-0.1, -0.05) is 71.4 Å². The molecule has 0 bridgehead atoms. The monoisotopic (exact) mass is 326 g/mol. The molecule has 0 nitrogen and oxygen atoms in total. The minimum absolute atomic E-state index is 0.585. The highest BCUT2D eigenvalue weighted by molar-refractivity contribution is 9.10. The standard InChI is InChI=1S/C19H19Br/c1-14(6-7-15-8-11-17(20)12-9-15)18-13-10-16-4-2-3-5-19(16)18/h2-5,8-14,18H,6-7H2,1H3. The van der Waals surface area contributed by atoms with Crippen LogP contribution < -0.4 is 0 Å². The third kappa shape index (κ3) is 2.88. The van der Waals surface area contributed by atoms with Crippen LogP contribution in [0.5, 0.6) is 0 Å². The van der Waals surface area contributed by atoms with Crippen molar-refractivity contribution in [1.29, 1.82) is 0 Å². The summed E-state index contributed by atoms with van der Waals surface area (Å²) in [6.07, 6.45) is 7.03. The third-order valence-electron chi connectivity index (χ3n) is 4.25. The van der Waals surface area contributed by atoms with E-state index in [1.165, 1.54) is 23.1 Å². The van der Waals surface area contributed by atoms with Crippen LogP contribution in [0.2, 0.25) is 0 Å². The second-order valence-electron chi connectivity index (χ2n) is 5.66. The molecule has 2 unspecified atom stereocenters. The van der Waals surface area contributed by atoms with E-state index in [0.29, 0.717) is 11.8 Å². The fourth-order valence-corrected chi connectivity index (χ4v) is 3.26. The molecule has 0 fully saturated rings. The lowest BCUT2D eigenvalue weighted by Gasteiger charge is -2.19. The maximum atomic E-state index is 3.49. The first-order chi connectivity index (χ1) is 9.74. The average Bonchev–Trinajstić information content (AvgIpc) is 2.90. The summed E-state index contributed by atoms with van der Waals surface area (Å²) in [5.41, 5.74) is 4.32. The Hall–Kier alpha value is -1.34. The summed E-state index contributed by atoms with van der Waals surface area (Å²) < 4.78 is 1.15.